The van der Waals surface area contributed by atoms with Crippen molar-refractivity contribution in [2.75, 3.05) is 0 Å². The van der Waals surface area contributed by atoms with Crippen molar-refractivity contribution in [3.05, 3.63) is 50.8 Å². The maximum absolute atomic E-state index is 14.3. The van der Waals surface area contributed by atoms with E-state index in [9.17, 15) is 9.18 Å². The van der Waals surface area contributed by atoms with Crippen LogP contribution in [0.1, 0.15) is 42.3 Å². The number of nitrogens with zero attached hydrogens (tertiary/aromatic N) is 1. The maximum atomic E-state index is 14.3. The summed E-state index contributed by atoms with van der Waals surface area (Å²) < 4.78 is 14.3. The maximum Gasteiger partial charge on any atom is 0.254 e. The molecule has 4 heteroatoms. The van der Waals surface area contributed by atoms with Crippen molar-refractivity contribution in [1.82, 2.24) is 9.97 Å². The largest absolute Gasteiger partial charge is 0.310 e. The van der Waals surface area contributed by atoms with Crippen molar-refractivity contribution in [3.8, 4) is 11.3 Å². The van der Waals surface area contributed by atoms with E-state index < -0.39 is 0 Å². The predicted molar refractivity (Wildman–Crippen MR) is 78.6 cm³/mol. The molecule has 0 saturated carbocycles. The number of rotatable bonds is 2. The third-order valence-corrected chi connectivity index (χ3v) is 3.39. The number of hydrogen-bond acceptors (Lipinski definition) is 2. The second-order valence-electron chi connectivity index (χ2n) is 5.52. The van der Waals surface area contributed by atoms with E-state index in [1.54, 1.807) is 6.92 Å². The van der Waals surface area contributed by atoms with Crippen LogP contribution in [0.4, 0.5) is 4.39 Å². The molecule has 0 amide bonds. The van der Waals surface area contributed by atoms with E-state index in [-0.39, 0.29) is 17.3 Å². The Bertz CT molecular complexity index is 694. The molecule has 0 aliphatic rings. The highest BCUT2D eigenvalue weighted by molar-refractivity contribution is 5.67. The lowest BCUT2D eigenvalue weighted by molar-refractivity contribution is 0.627. The summed E-state index contributed by atoms with van der Waals surface area (Å²) in [7, 11) is 0. The Morgan fingerprint density at radius 2 is 1.85 bits per heavy atom. The van der Waals surface area contributed by atoms with Crippen LogP contribution in [0.5, 0.6) is 0 Å². The monoisotopic (exact) mass is 274 g/mol. The van der Waals surface area contributed by atoms with Crippen molar-refractivity contribution < 1.29 is 4.39 Å². The molecule has 2 rings (SSSR count). The predicted octanol–water partition coefficient (Wildman–Crippen LogP) is 3.62. The first-order valence-electron chi connectivity index (χ1n) is 6.69. The first-order valence-corrected chi connectivity index (χ1v) is 6.69. The van der Waals surface area contributed by atoms with Gasteiger partial charge in [0.2, 0.25) is 0 Å². The first kappa shape index (κ1) is 14.4. The van der Waals surface area contributed by atoms with Gasteiger partial charge in [0, 0.05) is 17.0 Å². The van der Waals surface area contributed by atoms with E-state index in [4.69, 9.17) is 0 Å². The zero-order valence-corrected chi connectivity index (χ0v) is 12.5. The fourth-order valence-electron chi connectivity index (χ4n) is 2.28. The first-order chi connectivity index (χ1) is 9.31. The zero-order chi connectivity index (χ0) is 15.0. The van der Waals surface area contributed by atoms with Crippen LogP contribution >= 0.6 is 0 Å². The lowest BCUT2D eigenvalue weighted by Crippen LogP contribution is -2.17. The number of halogens is 1. The van der Waals surface area contributed by atoms with E-state index in [1.807, 2.05) is 33.8 Å². The summed E-state index contributed by atoms with van der Waals surface area (Å²) in [5.74, 6) is 0.323. The summed E-state index contributed by atoms with van der Waals surface area (Å²) in [4.78, 5) is 19.2. The fraction of sp³-hybridized carbons (Fsp3) is 0.375. The number of benzene rings is 1. The molecule has 1 aromatic heterocycles. The van der Waals surface area contributed by atoms with Crippen molar-refractivity contribution in [2.24, 2.45) is 0 Å². The standard InChI is InChI=1S/C16H19FN2O/c1-8(2)15-18-14(11(5)16(20)19-15)13-10(4)6-9(3)7-12(13)17/h6-8H,1-5H3,(H,18,19,20). The number of nitrogens with one attached hydrogen (secondary N) is 1. The van der Waals surface area contributed by atoms with Crippen LogP contribution in [-0.2, 0) is 0 Å². The molecule has 0 atom stereocenters. The van der Waals surface area contributed by atoms with Crippen LogP contribution in [0.25, 0.3) is 11.3 Å². The molecule has 0 aliphatic heterocycles. The number of H-pyrrole nitrogens is 1. The van der Waals surface area contributed by atoms with Crippen LogP contribution in [0, 0.1) is 26.6 Å². The normalized spacial score (nSPS) is 11.2. The quantitative estimate of drug-likeness (QED) is 0.909. The summed E-state index contributed by atoms with van der Waals surface area (Å²) in [6.45, 7) is 9.23. The van der Waals surface area contributed by atoms with Gasteiger partial charge in [-0.2, -0.15) is 0 Å². The van der Waals surface area contributed by atoms with E-state index in [2.05, 4.69) is 9.97 Å². The molecule has 20 heavy (non-hydrogen) atoms. The van der Waals surface area contributed by atoms with Gasteiger partial charge >= 0.3 is 0 Å². The minimum Gasteiger partial charge on any atom is -0.310 e. The van der Waals surface area contributed by atoms with Crippen LogP contribution < -0.4 is 5.56 Å². The minimum atomic E-state index is -0.335. The molecule has 0 aliphatic carbocycles. The molecule has 1 heterocycles. The third kappa shape index (κ3) is 2.50. The molecule has 1 aromatic carbocycles. The van der Waals surface area contributed by atoms with Crippen molar-refractivity contribution in [1.29, 1.82) is 0 Å². The van der Waals surface area contributed by atoms with Gasteiger partial charge in [-0.15, -0.1) is 0 Å². The Labute approximate surface area is 117 Å². The van der Waals surface area contributed by atoms with Crippen molar-refractivity contribution in [3.63, 3.8) is 0 Å². The second-order valence-corrected chi connectivity index (χ2v) is 5.52. The van der Waals surface area contributed by atoms with Crippen LogP contribution in [0.2, 0.25) is 0 Å². The van der Waals surface area contributed by atoms with Gasteiger partial charge in [0.25, 0.3) is 5.56 Å². The summed E-state index contributed by atoms with van der Waals surface area (Å²) in [5.41, 5.74) is 2.74. The average molecular weight is 274 g/mol. The van der Waals surface area contributed by atoms with Gasteiger partial charge in [-0.1, -0.05) is 19.9 Å². The smallest absolute Gasteiger partial charge is 0.254 e. The third-order valence-electron chi connectivity index (χ3n) is 3.39. The van der Waals surface area contributed by atoms with Crippen LogP contribution in [-0.4, -0.2) is 9.97 Å². The number of hydrogen-bond donors (Lipinski definition) is 1. The zero-order valence-electron chi connectivity index (χ0n) is 12.5. The lowest BCUT2D eigenvalue weighted by Gasteiger charge is -2.13. The molecular weight excluding hydrogens is 255 g/mol. The highest BCUT2D eigenvalue weighted by Gasteiger charge is 2.17. The molecule has 0 unspecified atom stereocenters. The Morgan fingerprint density at radius 3 is 2.40 bits per heavy atom. The average Bonchev–Trinajstić information content (AvgIpc) is 2.32. The molecular formula is C16H19FN2O. The molecule has 0 bridgehead atoms. The van der Waals surface area contributed by atoms with E-state index in [0.717, 1.165) is 11.1 Å². The van der Waals surface area contributed by atoms with Crippen molar-refractivity contribution in [2.45, 2.75) is 40.5 Å². The summed E-state index contributed by atoms with van der Waals surface area (Å²) in [5, 5.41) is 0. The van der Waals surface area contributed by atoms with E-state index in [0.29, 0.717) is 22.6 Å². The second kappa shape index (κ2) is 5.19. The molecule has 0 radical (unpaired) electrons. The van der Waals surface area contributed by atoms with Gasteiger partial charge in [0.1, 0.15) is 11.6 Å². The van der Waals surface area contributed by atoms with E-state index >= 15 is 0 Å². The Balaban J connectivity index is 2.79. The molecule has 2 aromatic rings. The molecule has 1 N–H and O–H groups in total. The Hall–Kier alpha value is -1.97. The number of aromatic nitrogens is 2. The van der Waals surface area contributed by atoms with Gasteiger partial charge in [-0.25, -0.2) is 9.37 Å². The van der Waals surface area contributed by atoms with Crippen LogP contribution in [0.3, 0.4) is 0 Å². The minimum absolute atomic E-state index is 0.0795. The Kier molecular flexibility index (Phi) is 3.75. The Morgan fingerprint density at radius 1 is 1.20 bits per heavy atom. The van der Waals surface area contributed by atoms with Gasteiger partial charge in [-0.05, 0) is 38.0 Å². The summed E-state index contributed by atoms with van der Waals surface area (Å²) in [6.07, 6.45) is 0. The SMILES string of the molecule is Cc1cc(C)c(-c2nc(C(C)C)[nH]c(=O)c2C)c(F)c1. The van der Waals surface area contributed by atoms with Gasteiger partial charge in [0.05, 0.1) is 5.69 Å². The number of aryl methyl sites for hydroxylation is 2. The molecule has 106 valence electrons. The molecule has 0 spiro atoms. The fourth-order valence-corrected chi connectivity index (χ4v) is 2.28. The highest BCUT2D eigenvalue weighted by Crippen LogP contribution is 2.28. The van der Waals surface area contributed by atoms with Crippen molar-refractivity contribution >= 4 is 0 Å². The van der Waals surface area contributed by atoms with E-state index in [1.165, 1.54) is 6.07 Å². The summed E-state index contributed by atoms with van der Waals surface area (Å²) in [6, 6.07) is 3.37. The molecule has 3 nitrogen and oxygen atoms in total. The number of aromatic amines is 1. The van der Waals surface area contributed by atoms with Crippen LogP contribution in [0.15, 0.2) is 16.9 Å². The lowest BCUT2D eigenvalue weighted by atomic mass is 9.99. The van der Waals surface area contributed by atoms with Gasteiger partial charge in [-0.3, -0.25) is 4.79 Å². The summed E-state index contributed by atoms with van der Waals surface area (Å²) >= 11 is 0. The van der Waals surface area contributed by atoms with Gasteiger partial charge in [0.15, 0.2) is 0 Å². The topological polar surface area (TPSA) is 45.8 Å². The molecule has 0 saturated heterocycles. The molecule has 0 fully saturated rings. The van der Waals surface area contributed by atoms with Gasteiger partial charge < -0.3 is 4.98 Å². The highest BCUT2D eigenvalue weighted by atomic mass is 19.1.